The Balaban J connectivity index is 1.97. The topological polar surface area (TPSA) is 101 Å². The highest BCUT2D eigenvalue weighted by Crippen LogP contribution is 2.34. The number of nitrogens with zero attached hydrogens (tertiary/aromatic N) is 1. The Bertz CT molecular complexity index is 877. The molecule has 0 fully saturated rings. The number of carbonyl (C=O) groups is 1. The molecule has 6 heteroatoms. The molecule has 1 amide bonds. The predicted molar refractivity (Wildman–Crippen MR) is 93.1 cm³/mol. The van der Waals surface area contributed by atoms with Gasteiger partial charge in [0.15, 0.2) is 0 Å². The molecule has 0 radical (unpaired) electrons. The van der Waals surface area contributed by atoms with Crippen LogP contribution in [0.15, 0.2) is 61.1 Å². The number of nitrogens with two attached hydrogens (primary N) is 1. The lowest BCUT2D eigenvalue weighted by Gasteiger charge is -2.26. The molecule has 0 aliphatic heterocycles. The fraction of sp³-hybridized carbons (Fsp3) is 0.158. The standard InChI is InChI=1S/C19H19N3O3/c1-13-4-2-6-15(8-13)25-16-7-3-5-14(9-16)19(24,10-18(20)23)17-11-21-12-22-17/h2-9,11-12,24H,10H2,1H3,(H2,20,23)(H,21,22). The molecule has 0 aliphatic carbocycles. The van der Waals surface area contributed by atoms with Crippen molar-refractivity contribution in [3.63, 3.8) is 0 Å². The predicted octanol–water partition coefficient (Wildman–Crippen LogP) is 2.62. The normalized spacial score (nSPS) is 13.2. The summed E-state index contributed by atoms with van der Waals surface area (Å²) in [4.78, 5) is 18.3. The zero-order chi connectivity index (χ0) is 17.9. The van der Waals surface area contributed by atoms with Crippen LogP contribution in [0.2, 0.25) is 0 Å². The van der Waals surface area contributed by atoms with Crippen LogP contribution in [0.1, 0.15) is 23.2 Å². The summed E-state index contributed by atoms with van der Waals surface area (Å²) in [5.74, 6) is 0.616. The number of benzene rings is 2. The molecule has 1 unspecified atom stereocenters. The van der Waals surface area contributed by atoms with Crippen LogP contribution in [0.25, 0.3) is 0 Å². The quantitative estimate of drug-likeness (QED) is 0.643. The second kappa shape index (κ2) is 6.78. The highest BCUT2D eigenvalue weighted by molar-refractivity contribution is 5.76. The van der Waals surface area contributed by atoms with Crippen molar-refractivity contribution in [3.05, 3.63) is 77.9 Å². The third-order valence-electron chi connectivity index (χ3n) is 3.91. The van der Waals surface area contributed by atoms with Gasteiger partial charge in [-0.05, 0) is 42.3 Å². The summed E-state index contributed by atoms with van der Waals surface area (Å²) in [7, 11) is 0. The van der Waals surface area contributed by atoms with Gasteiger partial charge in [0.25, 0.3) is 0 Å². The minimum atomic E-state index is -1.60. The molecule has 1 aromatic heterocycles. The van der Waals surface area contributed by atoms with Crippen LogP contribution in [0.5, 0.6) is 11.5 Å². The fourth-order valence-corrected chi connectivity index (χ4v) is 2.72. The Morgan fingerprint density at radius 2 is 1.96 bits per heavy atom. The largest absolute Gasteiger partial charge is 0.457 e. The van der Waals surface area contributed by atoms with Crippen LogP contribution in [-0.2, 0) is 10.4 Å². The number of imidazole rings is 1. The van der Waals surface area contributed by atoms with Crippen molar-refractivity contribution in [2.45, 2.75) is 18.9 Å². The van der Waals surface area contributed by atoms with E-state index in [1.165, 1.54) is 12.5 Å². The van der Waals surface area contributed by atoms with Gasteiger partial charge in [-0.2, -0.15) is 0 Å². The number of amides is 1. The van der Waals surface area contributed by atoms with Crippen molar-refractivity contribution in [2.75, 3.05) is 0 Å². The second-order valence-electron chi connectivity index (χ2n) is 5.92. The molecule has 25 heavy (non-hydrogen) atoms. The van der Waals surface area contributed by atoms with Crippen LogP contribution in [0, 0.1) is 6.92 Å². The number of hydrogen-bond acceptors (Lipinski definition) is 4. The van der Waals surface area contributed by atoms with Crippen LogP contribution in [0.4, 0.5) is 0 Å². The van der Waals surface area contributed by atoms with Crippen LogP contribution >= 0.6 is 0 Å². The number of aromatic nitrogens is 2. The number of aryl methyl sites for hydroxylation is 1. The van der Waals surface area contributed by atoms with E-state index in [1.54, 1.807) is 24.3 Å². The van der Waals surface area contributed by atoms with Gasteiger partial charge in [0.05, 0.1) is 24.6 Å². The van der Waals surface area contributed by atoms with E-state index in [9.17, 15) is 9.90 Å². The van der Waals surface area contributed by atoms with Gasteiger partial charge in [0.1, 0.15) is 17.1 Å². The van der Waals surface area contributed by atoms with Gasteiger partial charge < -0.3 is 20.6 Å². The fourth-order valence-electron chi connectivity index (χ4n) is 2.72. The molecule has 128 valence electrons. The van der Waals surface area contributed by atoms with Crippen LogP contribution < -0.4 is 10.5 Å². The molecule has 1 heterocycles. The number of carbonyl (C=O) groups excluding carboxylic acids is 1. The first-order chi connectivity index (χ1) is 12.0. The highest BCUT2D eigenvalue weighted by Gasteiger charge is 2.35. The SMILES string of the molecule is Cc1cccc(Oc2cccc(C(O)(CC(N)=O)c3cnc[nH]3)c2)c1. The number of aliphatic hydroxyl groups is 1. The third-order valence-corrected chi connectivity index (χ3v) is 3.91. The van der Waals surface area contributed by atoms with Crippen molar-refractivity contribution < 1.29 is 14.6 Å². The van der Waals surface area contributed by atoms with Crippen molar-refractivity contribution in [1.29, 1.82) is 0 Å². The lowest BCUT2D eigenvalue weighted by molar-refractivity contribution is -0.122. The van der Waals surface area contributed by atoms with Crippen molar-refractivity contribution >= 4 is 5.91 Å². The zero-order valence-corrected chi connectivity index (χ0v) is 13.8. The Morgan fingerprint density at radius 3 is 2.60 bits per heavy atom. The van der Waals surface area contributed by atoms with E-state index < -0.39 is 11.5 Å². The molecule has 0 aliphatic rings. The molecule has 2 aromatic carbocycles. The van der Waals surface area contributed by atoms with E-state index in [-0.39, 0.29) is 6.42 Å². The number of primary amides is 1. The maximum absolute atomic E-state index is 11.5. The molecular formula is C19H19N3O3. The van der Waals surface area contributed by atoms with Crippen LogP contribution in [0.3, 0.4) is 0 Å². The number of nitrogens with one attached hydrogen (secondary N) is 1. The molecule has 3 rings (SSSR count). The summed E-state index contributed by atoms with van der Waals surface area (Å²) >= 11 is 0. The van der Waals surface area contributed by atoms with Gasteiger partial charge in [0, 0.05) is 0 Å². The number of hydrogen-bond donors (Lipinski definition) is 3. The van der Waals surface area contributed by atoms with E-state index in [4.69, 9.17) is 10.5 Å². The Kier molecular flexibility index (Phi) is 4.54. The van der Waals surface area contributed by atoms with Crippen LogP contribution in [-0.4, -0.2) is 21.0 Å². The zero-order valence-electron chi connectivity index (χ0n) is 13.8. The minimum absolute atomic E-state index is 0.275. The van der Waals surface area contributed by atoms with E-state index in [0.29, 0.717) is 22.8 Å². The molecule has 0 spiro atoms. The summed E-state index contributed by atoms with van der Waals surface area (Å²) in [6.07, 6.45) is 2.63. The maximum atomic E-state index is 11.5. The molecule has 0 bridgehead atoms. The average molecular weight is 337 g/mol. The lowest BCUT2D eigenvalue weighted by Crippen LogP contribution is -2.33. The lowest BCUT2D eigenvalue weighted by atomic mass is 9.87. The molecule has 0 saturated heterocycles. The van der Waals surface area contributed by atoms with Gasteiger partial charge in [0.2, 0.25) is 5.91 Å². The summed E-state index contributed by atoms with van der Waals surface area (Å²) in [5, 5.41) is 11.1. The van der Waals surface area contributed by atoms with Gasteiger partial charge >= 0.3 is 0 Å². The number of rotatable bonds is 6. The molecule has 4 N–H and O–H groups in total. The Hall–Kier alpha value is -3.12. The first kappa shape index (κ1) is 16.7. The first-order valence-electron chi connectivity index (χ1n) is 7.82. The number of ether oxygens (including phenoxy) is 1. The first-order valence-corrected chi connectivity index (χ1v) is 7.82. The van der Waals surface area contributed by atoms with Crippen molar-refractivity contribution in [3.8, 4) is 11.5 Å². The van der Waals surface area contributed by atoms with Gasteiger partial charge in [-0.1, -0.05) is 24.3 Å². The number of H-pyrrole nitrogens is 1. The van der Waals surface area contributed by atoms with Crippen molar-refractivity contribution in [2.24, 2.45) is 5.73 Å². The summed E-state index contributed by atoms with van der Waals surface area (Å²) < 4.78 is 5.86. The third kappa shape index (κ3) is 3.70. The van der Waals surface area contributed by atoms with Gasteiger partial charge in [-0.3, -0.25) is 4.79 Å². The molecule has 0 saturated carbocycles. The second-order valence-corrected chi connectivity index (χ2v) is 5.92. The van der Waals surface area contributed by atoms with E-state index in [1.807, 2.05) is 31.2 Å². The summed E-state index contributed by atoms with van der Waals surface area (Å²) in [5.41, 5.74) is 5.69. The van der Waals surface area contributed by atoms with E-state index in [2.05, 4.69) is 9.97 Å². The molecular weight excluding hydrogens is 318 g/mol. The summed E-state index contributed by atoms with van der Waals surface area (Å²) in [6, 6.07) is 14.6. The molecule has 6 nitrogen and oxygen atoms in total. The van der Waals surface area contributed by atoms with Gasteiger partial charge in [-0.15, -0.1) is 0 Å². The average Bonchev–Trinajstić information content (AvgIpc) is 3.09. The summed E-state index contributed by atoms with van der Waals surface area (Å²) in [6.45, 7) is 1.98. The molecule has 1 atom stereocenters. The molecule has 3 aromatic rings. The highest BCUT2D eigenvalue weighted by atomic mass is 16.5. The smallest absolute Gasteiger partial charge is 0.221 e. The minimum Gasteiger partial charge on any atom is -0.457 e. The maximum Gasteiger partial charge on any atom is 0.221 e. The number of aromatic amines is 1. The Morgan fingerprint density at radius 1 is 1.24 bits per heavy atom. The van der Waals surface area contributed by atoms with E-state index >= 15 is 0 Å². The van der Waals surface area contributed by atoms with Crippen molar-refractivity contribution in [1.82, 2.24) is 9.97 Å². The van der Waals surface area contributed by atoms with E-state index in [0.717, 1.165) is 5.56 Å². The van der Waals surface area contributed by atoms with Gasteiger partial charge in [-0.25, -0.2) is 4.98 Å². The monoisotopic (exact) mass is 337 g/mol. The Labute approximate surface area is 145 Å².